The number of nitriles is 3. The fourth-order valence-corrected chi connectivity index (χ4v) is 8.71. The van der Waals surface area contributed by atoms with Crippen LogP contribution in [0.15, 0.2) is 97.1 Å². The average molecular weight is 880 g/mol. The third-order valence-electron chi connectivity index (χ3n) is 11.4. The molecule has 4 aromatic carbocycles. The molecule has 7 fully saturated rings. The summed E-state index contributed by atoms with van der Waals surface area (Å²) in [5, 5.41) is 28.9. The summed E-state index contributed by atoms with van der Waals surface area (Å²) in [6.45, 7) is 8.95. The predicted molar refractivity (Wildman–Crippen MR) is 258 cm³/mol. The van der Waals surface area contributed by atoms with Crippen LogP contribution in [-0.4, -0.2) is 56.5 Å². The van der Waals surface area contributed by atoms with Gasteiger partial charge in [0.25, 0.3) is 0 Å². The Morgan fingerprint density at radius 3 is 1.27 bits per heavy atom. The maximum absolute atomic E-state index is 12.1. The van der Waals surface area contributed by atoms with E-state index in [0.717, 1.165) is 52.8 Å². The minimum atomic E-state index is -1.23. The van der Waals surface area contributed by atoms with Gasteiger partial charge in [0.05, 0.1) is 40.5 Å². The second-order valence-electron chi connectivity index (χ2n) is 19.3. The molecule has 3 N–H and O–H groups in total. The summed E-state index contributed by atoms with van der Waals surface area (Å²) >= 11 is 0. The van der Waals surface area contributed by atoms with Crippen molar-refractivity contribution < 1.29 is 13.6 Å². The van der Waals surface area contributed by atoms with Crippen molar-refractivity contribution in [3.05, 3.63) is 125 Å². The van der Waals surface area contributed by atoms with E-state index in [-0.39, 0.29) is 5.82 Å². The lowest BCUT2D eigenvalue weighted by atomic mass is 10.2. The van der Waals surface area contributed by atoms with E-state index >= 15 is 0 Å². The fourth-order valence-electron chi connectivity index (χ4n) is 7.03. The molecule has 336 valence electrons. The van der Waals surface area contributed by atoms with Crippen molar-refractivity contribution in [1.29, 1.82) is 15.8 Å². The Morgan fingerprint density at radius 2 is 0.984 bits per heavy atom. The molecule has 0 aromatic heterocycles. The van der Waals surface area contributed by atoms with E-state index in [1.807, 2.05) is 54.6 Å². The second-order valence-corrected chi connectivity index (χ2v) is 23.8. The Kier molecular flexibility index (Phi) is 16.8. The van der Waals surface area contributed by atoms with Crippen LogP contribution in [0.2, 0.25) is 19.6 Å². The zero-order valence-electron chi connectivity index (χ0n) is 38.2. The highest BCUT2D eigenvalue weighted by molar-refractivity contribution is 6.69. The summed E-state index contributed by atoms with van der Waals surface area (Å²) in [5.74, 6) is -0.311. The van der Waals surface area contributed by atoms with Crippen LogP contribution in [0.3, 0.4) is 0 Å². The summed E-state index contributed by atoms with van der Waals surface area (Å²) in [7, 11) is -1.23. The van der Waals surface area contributed by atoms with Crippen LogP contribution in [0.1, 0.15) is 124 Å². The van der Waals surface area contributed by atoms with Gasteiger partial charge in [-0.25, -0.2) is 4.39 Å². The molecule has 4 aromatic rings. The zero-order valence-corrected chi connectivity index (χ0v) is 39.2. The summed E-state index contributed by atoms with van der Waals surface area (Å²) in [5.41, 5.74) is 12.0. The number of carbonyl (C=O) groups excluding carboxylic acids is 1. The number of nitrogens with zero attached hydrogens (tertiary/aromatic N) is 5. The molecule has 0 spiro atoms. The predicted octanol–water partition coefficient (Wildman–Crippen LogP) is 11.6. The van der Waals surface area contributed by atoms with Crippen molar-refractivity contribution in [3.8, 4) is 18.2 Å². The van der Waals surface area contributed by atoms with E-state index in [9.17, 15) is 9.18 Å². The van der Waals surface area contributed by atoms with Crippen molar-refractivity contribution in [3.63, 3.8) is 0 Å². The van der Waals surface area contributed by atoms with Crippen molar-refractivity contribution >= 4 is 31.7 Å². The number of nitrogens with two attached hydrogens (primary N) is 1. The van der Waals surface area contributed by atoms with Gasteiger partial charge in [0, 0.05) is 58.9 Å². The first-order valence-electron chi connectivity index (χ1n) is 23.3. The van der Waals surface area contributed by atoms with E-state index in [0.29, 0.717) is 23.2 Å². The molecule has 0 unspecified atom stereocenters. The van der Waals surface area contributed by atoms with Gasteiger partial charge in [0.15, 0.2) is 8.32 Å². The molecular formula is C53H66FN7O2Si. The van der Waals surface area contributed by atoms with Crippen LogP contribution in [0.5, 0.6) is 0 Å². The van der Waals surface area contributed by atoms with Gasteiger partial charge in [0.1, 0.15) is 12.1 Å². The first kappa shape index (κ1) is 48.0. The molecule has 7 aliphatic rings. The molecule has 7 saturated carbocycles. The lowest BCUT2D eigenvalue weighted by Gasteiger charge is -2.24. The molecule has 11 rings (SSSR count). The number of hydrogen-bond acceptors (Lipinski definition) is 9. The molecule has 0 atom stereocenters. The SMILES string of the molecule is CC1(O[Si](C)(C)C)CC1.N#Cc1ccc(F)cc1.N#Cc1ccc(N(C2CC2)C2CC2)cc1.N#Cc1ccc(NC2CC2)cc1.NC1CC1.O=Cc1ccc(N(C2CC2)C2CC2)cc1. The number of hydrogen-bond donors (Lipinski definition) is 2. The molecule has 0 radical (unpaired) electrons. The Hall–Kier alpha value is -5.51. The maximum atomic E-state index is 12.1. The summed E-state index contributed by atoms with van der Waals surface area (Å²) in [6.07, 6.45) is 19.3. The Bertz CT molecular complexity index is 2170. The first-order chi connectivity index (χ1) is 30.8. The number of aldehydes is 1. The molecule has 0 saturated heterocycles. The van der Waals surface area contributed by atoms with Crippen LogP contribution >= 0.6 is 0 Å². The average Bonchev–Trinajstić information content (AvgIpc) is 4.07. The normalized spacial score (nSPS) is 18.4. The van der Waals surface area contributed by atoms with Crippen LogP contribution in [0.25, 0.3) is 0 Å². The minimum Gasteiger partial charge on any atom is -0.412 e. The minimum absolute atomic E-state index is 0.296. The molecule has 0 amide bonds. The lowest BCUT2D eigenvalue weighted by Crippen LogP contribution is -2.31. The lowest BCUT2D eigenvalue weighted by molar-refractivity contribution is 0.112. The number of carbonyl (C=O) groups is 1. The van der Waals surface area contributed by atoms with Crippen LogP contribution < -0.4 is 20.9 Å². The maximum Gasteiger partial charge on any atom is 0.184 e. The van der Waals surface area contributed by atoms with Crippen molar-refractivity contribution in [2.45, 2.75) is 158 Å². The number of anilines is 3. The third-order valence-corrected chi connectivity index (χ3v) is 12.6. The van der Waals surface area contributed by atoms with Crippen LogP contribution in [-0.2, 0) is 4.43 Å². The van der Waals surface area contributed by atoms with E-state index in [1.165, 1.54) is 126 Å². The van der Waals surface area contributed by atoms with Crippen LogP contribution in [0, 0.1) is 39.8 Å². The highest BCUT2D eigenvalue weighted by atomic mass is 28.4. The molecule has 7 aliphatic carbocycles. The van der Waals surface area contributed by atoms with Gasteiger partial charge in [-0.05, 0) is 214 Å². The van der Waals surface area contributed by atoms with Gasteiger partial charge >= 0.3 is 0 Å². The Balaban J connectivity index is 0.000000132. The van der Waals surface area contributed by atoms with Gasteiger partial charge < -0.3 is 25.3 Å². The van der Waals surface area contributed by atoms with E-state index in [1.54, 1.807) is 0 Å². The fraction of sp³-hybridized carbons (Fsp3) is 0.472. The van der Waals surface area contributed by atoms with Gasteiger partial charge in [-0.2, -0.15) is 15.8 Å². The quantitative estimate of drug-likeness (QED) is 0.111. The van der Waals surface area contributed by atoms with Gasteiger partial charge in [-0.3, -0.25) is 4.79 Å². The van der Waals surface area contributed by atoms with Crippen LogP contribution in [0.4, 0.5) is 21.5 Å². The van der Waals surface area contributed by atoms with Gasteiger partial charge in [-0.1, -0.05) is 0 Å². The molecule has 11 heteroatoms. The number of benzene rings is 4. The van der Waals surface area contributed by atoms with Crippen molar-refractivity contribution in [1.82, 2.24) is 0 Å². The Morgan fingerprint density at radius 1 is 0.625 bits per heavy atom. The highest BCUT2D eigenvalue weighted by Gasteiger charge is 2.42. The number of nitrogens with one attached hydrogen (secondary N) is 1. The Labute approximate surface area is 382 Å². The second kappa shape index (κ2) is 22.4. The standard InChI is InChI=1S/C13H14N2.C13H15NO.C10H10N2.C7H4FN.C7H16OSi.C3H7N/c14-9-10-1-3-11(4-2-10)15(12-5-6-12)13-7-8-13;15-9-10-1-3-11(4-2-10)14(12-5-6-12)13-7-8-13;11-7-8-1-3-9(4-2-8)12-10-5-6-10;8-7-3-1-6(5-9)2-4-7;1-7(5-6-7)8-9(2,3)4;4-3-1-2-3/h1-4,12-13H,5-8H2;1-4,9,12-13H,5-8H2;1-4,10,12H,5-6H2;1-4H;5-6H2,1-4H3;3H,1-2,4H2. The van der Waals surface area contributed by atoms with Gasteiger partial charge in [0.2, 0.25) is 0 Å². The third kappa shape index (κ3) is 17.6. The highest BCUT2D eigenvalue weighted by Crippen LogP contribution is 2.42. The summed E-state index contributed by atoms with van der Waals surface area (Å²) in [4.78, 5) is 15.7. The summed E-state index contributed by atoms with van der Waals surface area (Å²) < 4.78 is 18.0. The largest absolute Gasteiger partial charge is 0.412 e. The van der Waals surface area contributed by atoms with E-state index in [2.05, 4.69) is 78.1 Å². The molecular weight excluding hydrogens is 814 g/mol. The number of rotatable bonds is 11. The first-order valence-corrected chi connectivity index (χ1v) is 26.7. The van der Waals surface area contributed by atoms with E-state index in [4.69, 9.17) is 25.9 Å². The van der Waals surface area contributed by atoms with Crippen molar-refractivity contribution in [2.75, 3.05) is 15.1 Å². The monoisotopic (exact) mass is 880 g/mol. The smallest absolute Gasteiger partial charge is 0.184 e. The topological polar surface area (TPSA) is 142 Å². The van der Waals surface area contributed by atoms with Crippen molar-refractivity contribution in [2.24, 2.45) is 5.73 Å². The molecule has 64 heavy (non-hydrogen) atoms. The molecule has 9 nitrogen and oxygen atoms in total. The number of halogens is 1. The van der Waals surface area contributed by atoms with E-state index < -0.39 is 8.32 Å². The van der Waals surface area contributed by atoms with Gasteiger partial charge in [-0.15, -0.1) is 0 Å². The molecule has 0 aliphatic heterocycles. The molecule has 0 bridgehead atoms. The zero-order chi connectivity index (χ0) is 45.7. The summed E-state index contributed by atoms with van der Waals surface area (Å²) in [6, 6.07) is 39.6. The molecule has 0 heterocycles.